The molecule has 0 saturated carbocycles. The SMILES string of the molecule is CC(C)(C)OC(=O)C1CCCN1C(=O)C(Cc1ccccc1)NC(=O)C(C)(C)N. The van der Waals surface area contributed by atoms with Gasteiger partial charge in [-0.15, -0.1) is 0 Å². The molecule has 0 radical (unpaired) electrons. The fourth-order valence-corrected chi connectivity index (χ4v) is 3.24. The summed E-state index contributed by atoms with van der Waals surface area (Å²) in [7, 11) is 0. The van der Waals surface area contributed by atoms with Crippen molar-refractivity contribution in [1.82, 2.24) is 10.2 Å². The maximum absolute atomic E-state index is 13.4. The largest absolute Gasteiger partial charge is 0.458 e. The Balaban J connectivity index is 2.22. The molecule has 1 fully saturated rings. The third-order valence-electron chi connectivity index (χ3n) is 4.69. The minimum Gasteiger partial charge on any atom is -0.458 e. The highest BCUT2D eigenvalue weighted by molar-refractivity contribution is 5.93. The van der Waals surface area contributed by atoms with Crippen LogP contribution in [0.1, 0.15) is 53.0 Å². The van der Waals surface area contributed by atoms with Crippen LogP contribution < -0.4 is 11.1 Å². The quantitative estimate of drug-likeness (QED) is 0.705. The fraction of sp³-hybridized carbons (Fsp3) is 0.591. The number of amides is 2. The van der Waals surface area contributed by atoms with E-state index in [4.69, 9.17) is 10.5 Å². The van der Waals surface area contributed by atoms with E-state index in [0.29, 0.717) is 25.8 Å². The van der Waals surface area contributed by atoms with E-state index in [1.54, 1.807) is 34.6 Å². The Morgan fingerprint density at radius 2 is 1.79 bits per heavy atom. The second-order valence-electron chi connectivity index (χ2n) is 9.16. The first-order chi connectivity index (χ1) is 13.4. The zero-order chi connectivity index (χ0) is 21.8. The molecule has 2 amide bonds. The van der Waals surface area contributed by atoms with Gasteiger partial charge in [0.25, 0.3) is 0 Å². The molecule has 1 aromatic carbocycles. The molecule has 160 valence electrons. The lowest BCUT2D eigenvalue weighted by atomic mass is 10.0. The van der Waals surface area contributed by atoms with Crippen molar-refractivity contribution < 1.29 is 19.1 Å². The Morgan fingerprint density at radius 3 is 2.34 bits per heavy atom. The van der Waals surface area contributed by atoms with Crippen LogP contribution in [0, 0.1) is 0 Å². The van der Waals surface area contributed by atoms with Crippen LogP contribution in [0.15, 0.2) is 30.3 Å². The molecule has 2 rings (SSSR count). The molecule has 7 heteroatoms. The van der Waals surface area contributed by atoms with Gasteiger partial charge >= 0.3 is 5.97 Å². The molecule has 3 N–H and O–H groups in total. The fourth-order valence-electron chi connectivity index (χ4n) is 3.24. The first-order valence-corrected chi connectivity index (χ1v) is 10.1. The summed E-state index contributed by atoms with van der Waals surface area (Å²) in [5, 5.41) is 2.78. The first kappa shape index (κ1) is 22.9. The predicted molar refractivity (Wildman–Crippen MR) is 111 cm³/mol. The van der Waals surface area contributed by atoms with E-state index in [2.05, 4.69) is 5.32 Å². The minimum atomic E-state index is -1.12. The zero-order valence-electron chi connectivity index (χ0n) is 18.0. The highest BCUT2D eigenvalue weighted by Crippen LogP contribution is 2.23. The number of ether oxygens (including phenoxy) is 1. The summed E-state index contributed by atoms with van der Waals surface area (Å²) in [4.78, 5) is 40.0. The molecule has 1 aliphatic rings. The van der Waals surface area contributed by atoms with Crippen molar-refractivity contribution in [3.8, 4) is 0 Å². The average molecular weight is 404 g/mol. The van der Waals surface area contributed by atoms with Crippen LogP contribution >= 0.6 is 0 Å². The number of likely N-dealkylation sites (tertiary alicyclic amines) is 1. The molecule has 1 aliphatic heterocycles. The highest BCUT2D eigenvalue weighted by atomic mass is 16.6. The monoisotopic (exact) mass is 403 g/mol. The maximum atomic E-state index is 13.4. The molecule has 2 atom stereocenters. The average Bonchev–Trinajstić information content (AvgIpc) is 3.09. The lowest BCUT2D eigenvalue weighted by Gasteiger charge is -2.31. The molecular formula is C22H33N3O4. The number of hydrogen-bond acceptors (Lipinski definition) is 5. The van der Waals surface area contributed by atoms with Crippen LogP contribution in [0.4, 0.5) is 0 Å². The number of nitrogens with zero attached hydrogens (tertiary/aromatic N) is 1. The molecule has 29 heavy (non-hydrogen) atoms. The van der Waals surface area contributed by atoms with E-state index in [1.165, 1.54) is 4.90 Å². The van der Waals surface area contributed by atoms with E-state index in [0.717, 1.165) is 5.56 Å². The van der Waals surface area contributed by atoms with E-state index in [-0.39, 0.29) is 5.91 Å². The van der Waals surface area contributed by atoms with Crippen LogP contribution in [-0.4, -0.2) is 52.5 Å². The number of rotatable bonds is 6. The Hall–Kier alpha value is -2.41. The van der Waals surface area contributed by atoms with Gasteiger partial charge in [-0.05, 0) is 53.0 Å². The summed E-state index contributed by atoms with van der Waals surface area (Å²) in [6.07, 6.45) is 1.58. The van der Waals surface area contributed by atoms with Gasteiger partial charge in [0.1, 0.15) is 17.7 Å². The van der Waals surface area contributed by atoms with Crippen molar-refractivity contribution >= 4 is 17.8 Å². The van der Waals surface area contributed by atoms with Gasteiger partial charge in [0.05, 0.1) is 5.54 Å². The normalized spacial score (nSPS) is 18.3. The summed E-state index contributed by atoms with van der Waals surface area (Å²) in [6, 6.07) is 8.00. The van der Waals surface area contributed by atoms with Crippen LogP contribution in [0.25, 0.3) is 0 Å². The van der Waals surface area contributed by atoms with Crippen molar-refractivity contribution in [2.45, 2.75) is 77.1 Å². The summed E-state index contributed by atoms with van der Waals surface area (Å²) < 4.78 is 5.50. The topological polar surface area (TPSA) is 102 Å². The van der Waals surface area contributed by atoms with Gasteiger partial charge in [-0.3, -0.25) is 9.59 Å². The molecular weight excluding hydrogens is 370 g/mol. The van der Waals surface area contributed by atoms with Crippen LogP contribution in [-0.2, 0) is 25.5 Å². The number of carbonyl (C=O) groups is 3. The summed E-state index contributed by atoms with van der Waals surface area (Å²) in [6.45, 7) is 9.03. The predicted octanol–water partition coefficient (Wildman–Crippen LogP) is 1.78. The second-order valence-corrected chi connectivity index (χ2v) is 9.16. The standard InChI is InChI=1S/C22H33N3O4/c1-21(2,3)29-19(27)17-12-9-13-25(17)18(26)16(24-20(28)22(4,5)23)14-15-10-7-6-8-11-15/h6-8,10-11,16-17H,9,12-14,23H2,1-5H3,(H,24,28). The number of nitrogens with two attached hydrogens (primary N) is 1. The van der Waals surface area contributed by atoms with Gasteiger partial charge in [0, 0.05) is 13.0 Å². The summed E-state index contributed by atoms with van der Waals surface area (Å²) in [5.41, 5.74) is 5.07. The molecule has 1 saturated heterocycles. The first-order valence-electron chi connectivity index (χ1n) is 10.1. The molecule has 2 unspecified atom stereocenters. The lowest BCUT2D eigenvalue weighted by Crippen LogP contribution is -2.58. The molecule has 0 bridgehead atoms. The molecule has 0 aliphatic carbocycles. The lowest BCUT2D eigenvalue weighted by molar-refractivity contribution is -0.163. The van der Waals surface area contributed by atoms with Crippen molar-refractivity contribution in [1.29, 1.82) is 0 Å². The van der Waals surface area contributed by atoms with Gasteiger partial charge in [-0.1, -0.05) is 30.3 Å². The van der Waals surface area contributed by atoms with Crippen LogP contribution in [0.2, 0.25) is 0 Å². The van der Waals surface area contributed by atoms with Crippen molar-refractivity contribution in [3.63, 3.8) is 0 Å². The number of carbonyl (C=O) groups excluding carboxylic acids is 3. The Bertz CT molecular complexity index is 735. The minimum absolute atomic E-state index is 0.292. The number of nitrogens with one attached hydrogen (secondary N) is 1. The number of hydrogen-bond donors (Lipinski definition) is 2. The Morgan fingerprint density at radius 1 is 1.17 bits per heavy atom. The molecule has 7 nitrogen and oxygen atoms in total. The van der Waals surface area contributed by atoms with E-state index in [1.807, 2.05) is 30.3 Å². The zero-order valence-corrected chi connectivity index (χ0v) is 18.0. The van der Waals surface area contributed by atoms with Crippen LogP contribution in [0.5, 0.6) is 0 Å². The summed E-state index contributed by atoms with van der Waals surface area (Å²) >= 11 is 0. The highest BCUT2D eigenvalue weighted by Gasteiger charge is 2.40. The number of benzene rings is 1. The summed E-state index contributed by atoms with van der Waals surface area (Å²) in [5.74, 6) is -1.12. The third-order valence-corrected chi connectivity index (χ3v) is 4.69. The Labute approximate surface area is 173 Å². The Kier molecular flexibility index (Phi) is 7.06. The van der Waals surface area contributed by atoms with Gasteiger partial charge in [-0.25, -0.2) is 4.79 Å². The van der Waals surface area contributed by atoms with Gasteiger partial charge in [0.15, 0.2) is 0 Å². The molecule has 0 spiro atoms. The molecule has 1 aromatic rings. The van der Waals surface area contributed by atoms with Gasteiger partial charge in [0.2, 0.25) is 11.8 Å². The van der Waals surface area contributed by atoms with E-state index in [9.17, 15) is 14.4 Å². The van der Waals surface area contributed by atoms with Crippen molar-refractivity contribution in [2.75, 3.05) is 6.54 Å². The van der Waals surface area contributed by atoms with Crippen molar-refractivity contribution in [3.05, 3.63) is 35.9 Å². The van der Waals surface area contributed by atoms with E-state index < -0.39 is 35.1 Å². The molecule has 0 aromatic heterocycles. The van der Waals surface area contributed by atoms with E-state index >= 15 is 0 Å². The number of esters is 1. The van der Waals surface area contributed by atoms with Crippen LogP contribution in [0.3, 0.4) is 0 Å². The molecule has 1 heterocycles. The van der Waals surface area contributed by atoms with Crippen molar-refractivity contribution in [2.24, 2.45) is 5.73 Å². The van der Waals surface area contributed by atoms with Gasteiger partial charge < -0.3 is 20.7 Å². The third kappa shape index (κ3) is 6.56. The smallest absolute Gasteiger partial charge is 0.329 e. The maximum Gasteiger partial charge on any atom is 0.329 e. The second kappa shape index (κ2) is 8.95. The van der Waals surface area contributed by atoms with Gasteiger partial charge in [-0.2, -0.15) is 0 Å².